The van der Waals surface area contributed by atoms with Crippen molar-refractivity contribution >= 4 is 0 Å². The van der Waals surface area contributed by atoms with Gasteiger partial charge in [-0.2, -0.15) is 0 Å². The molecular formula is C28H21FO. The van der Waals surface area contributed by atoms with Gasteiger partial charge in [0.25, 0.3) is 0 Å². The molecule has 0 saturated carbocycles. The van der Waals surface area contributed by atoms with E-state index in [9.17, 15) is 0 Å². The Morgan fingerprint density at radius 2 is 1.00 bits per heavy atom. The Labute approximate surface area is 175 Å². The molecule has 2 aliphatic rings. The molecule has 2 bridgehead atoms. The summed E-state index contributed by atoms with van der Waals surface area (Å²) >= 11 is 0. The number of benzene rings is 4. The van der Waals surface area contributed by atoms with Crippen LogP contribution in [0.5, 0.6) is 0 Å². The van der Waals surface area contributed by atoms with Crippen LogP contribution in [0.1, 0.15) is 34.2 Å². The lowest BCUT2D eigenvalue weighted by atomic mass is 9.62. The molecule has 1 saturated heterocycles. The van der Waals surface area contributed by atoms with Gasteiger partial charge in [0, 0.05) is 6.42 Å². The molecule has 1 fully saturated rings. The van der Waals surface area contributed by atoms with Crippen molar-refractivity contribution in [3.63, 3.8) is 0 Å². The molecule has 2 heteroatoms. The van der Waals surface area contributed by atoms with E-state index in [1.165, 1.54) is 0 Å². The second-order valence-corrected chi connectivity index (χ2v) is 8.23. The van der Waals surface area contributed by atoms with Gasteiger partial charge in [0.15, 0.2) is 11.3 Å². The minimum atomic E-state index is -1.71. The molecule has 0 unspecified atom stereocenters. The van der Waals surface area contributed by atoms with E-state index in [0.717, 1.165) is 22.3 Å². The Morgan fingerprint density at radius 3 is 1.60 bits per heavy atom. The smallest absolute Gasteiger partial charge is 0.176 e. The molecule has 2 heterocycles. The van der Waals surface area contributed by atoms with Crippen molar-refractivity contribution in [1.29, 1.82) is 0 Å². The summed E-state index contributed by atoms with van der Waals surface area (Å²) in [6.07, 6.45) is 0.236. The van der Waals surface area contributed by atoms with Crippen LogP contribution in [0.3, 0.4) is 0 Å². The fourth-order valence-electron chi connectivity index (χ4n) is 5.55. The number of hydrogen-bond acceptors (Lipinski definition) is 1. The summed E-state index contributed by atoms with van der Waals surface area (Å²) in [5, 5.41) is 0. The Morgan fingerprint density at radius 1 is 0.533 bits per heavy atom. The van der Waals surface area contributed by atoms with Crippen LogP contribution < -0.4 is 0 Å². The third-order valence-corrected chi connectivity index (χ3v) is 6.77. The zero-order valence-electron chi connectivity index (χ0n) is 16.5. The second kappa shape index (κ2) is 6.13. The highest BCUT2D eigenvalue weighted by Gasteiger charge is 2.74. The standard InChI is InChI=1S/C28H21FO/c29-27(22-14-6-2-7-15-22)20-26(21-12-4-1-5-13-21)24-18-10-11-19-25(24)28(27,30-26)23-16-8-3-9-17-23/h1-19H,20H2/t26-,27+,28+/m1/s1. The van der Waals surface area contributed by atoms with E-state index >= 15 is 4.39 Å². The Balaban J connectivity index is 1.72. The maximum absolute atomic E-state index is 17.6. The highest BCUT2D eigenvalue weighted by molar-refractivity contribution is 5.60. The zero-order valence-corrected chi connectivity index (χ0v) is 16.5. The minimum Gasteiger partial charge on any atom is -0.346 e. The molecule has 0 spiro atoms. The van der Waals surface area contributed by atoms with Gasteiger partial charge >= 0.3 is 0 Å². The predicted octanol–water partition coefficient (Wildman–Crippen LogP) is 6.47. The van der Waals surface area contributed by atoms with E-state index in [-0.39, 0.29) is 6.42 Å². The minimum absolute atomic E-state index is 0.236. The SMILES string of the molecule is F[C@]1(c2ccccc2)C[C@]2(c3ccccc3)O[C@@]1(c1ccccc1)c1ccccc12. The third-order valence-electron chi connectivity index (χ3n) is 6.77. The van der Waals surface area contributed by atoms with Gasteiger partial charge in [-0.1, -0.05) is 115 Å². The number of alkyl halides is 1. The van der Waals surface area contributed by atoms with Gasteiger partial charge in [0.05, 0.1) is 0 Å². The maximum Gasteiger partial charge on any atom is 0.176 e. The lowest BCUT2D eigenvalue weighted by Gasteiger charge is -2.40. The molecule has 0 amide bonds. The first-order valence-electron chi connectivity index (χ1n) is 10.4. The van der Waals surface area contributed by atoms with E-state index < -0.39 is 16.9 Å². The maximum atomic E-state index is 17.6. The molecule has 0 aliphatic carbocycles. The van der Waals surface area contributed by atoms with Gasteiger partial charge < -0.3 is 4.74 Å². The lowest BCUT2D eigenvalue weighted by molar-refractivity contribution is -0.0839. The molecule has 3 atom stereocenters. The molecule has 0 N–H and O–H groups in total. The molecular weight excluding hydrogens is 371 g/mol. The van der Waals surface area contributed by atoms with Gasteiger partial charge in [-0.3, -0.25) is 0 Å². The summed E-state index contributed by atoms with van der Waals surface area (Å²) in [7, 11) is 0. The Bertz CT molecular complexity index is 1210. The third kappa shape index (κ3) is 2.04. The molecule has 30 heavy (non-hydrogen) atoms. The van der Waals surface area contributed by atoms with E-state index in [1.807, 2.05) is 97.1 Å². The van der Waals surface area contributed by atoms with Crippen LogP contribution in [0.25, 0.3) is 0 Å². The normalized spacial score (nSPS) is 29.0. The van der Waals surface area contributed by atoms with Crippen molar-refractivity contribution in [3.8, 4) is 0 Å². The number of rotatable bonds is 3. The predicted molar refractivity (Wildman–Crippen MR) is 116 cm³/mol. The number of halogens is 1. The van der Waals surface area contributed by atoms with Gasteiger partial charge in [0.2, 0.25) is 0 Å². The number of hydrogen-bond donors (Lipinski definition) is 0. The molecule has 1 nitrogen and oxygen atoms in total. The van der Waals surface area contributed by atoms with Crippen LogP contribution in [0, 0.1) is 0 Å². The van der Waals surface area contributed by atoms with Crippen LogP contribution in [0.4, 0.5) is 4.39 Å². The van der Waals surface area contributed by atoms with Crippen molar-refractivity contribution in [2.24, 2.45) is 0 Å². The van der Waals surface area contributed by atoms with Crippen molar-refractivity contribution in [2.45, 2.75) is 23.3 Å². The largest absolute Gasteiger partial charge is 0.346 e. The van der Waals surface area contributed by atoms with Crippen molar-refractivity contribution < 1.29 is 9.13 Å². The van der Waals surface area contributed by atoms with E-state index in [1.54, 1.807) is 0 Å². The van der Waals surface area contributed by atoms with Crippen LogP contribution in [-0.4, -0.2) is 0 Å². The topological polar surface area (TPSA) is 9.23 Å². The number of fused-ring (bicyclic) bond motifs is 5. The van der Waals surface area contributed by atoms with Gasteiger partial charge in [0.1, 0.15) is 5.60 Å². The van der Waals surface area contributed by atoms with Crippen molar-refractivity contribution in [2.75, 3.05) is 0 Å². The first-order chi connectivity index (χ1) is 14.7. The molecule has 146 valence electrons. The summed E-state index contributed by atoms with van der Waals surface area (Å²) in [6, 6.07) is 37.6. The molecule has 6 rings (SSSR count). The van der Waals surface area contributed by atoms with E-state index in [4.69, 9.17) is 4.74 Å². The molecule has 0 radical (unpaired) electrons. The Hall–Kier alpha value is -3.23. The van der Waals surface area contributed by atoms with Crippen molar-refractivity contribution in [1.82, 2.24) is 0 Å². The van der Waals surface area contributed by atoms with Crippen LogP contribution in [0.2, 0.25) is 0 Å². The Kier molecular flexibility index (Phi) is 3.60. The molecule has 4 aromatic rings. The highest BCUT2D eigenvalue weighted by Crippen LogP contribution is 2.71. The summed E-state index contributed by atoms with van der Waals surface area (Å²) in [4.78, 5) is 0. The quantitative estimate of drug-likeness (QED) is 0.388. The van der Waals surface area contributed by atoms with E-state index in [2.05, 4.69) is 18.2 Å². The highest BCUT2D eigenvalue weighted by atomic mass is 19.1. The van der Waals surface area contributed by atoms with Crippen molar-refractivity contribution in [3.05, 3.63) is 143 Å². The van der Waals surface area contributed by atoms with Crippen LogP contribution >= 0.6 is 0 Å². The first-order valence-corrected chi connectivity index (χ1v) is 10.4. The molecule has 0 aromatic heterocycles. The van der Waals surface area contributed by atoms with Gasteiger partial charge in [-0.15, -0.1) is 0 Å². The fraction of sp³-hybridized carbons (Fsp3) is 0.143. The summed E-state index contributed by atoms with van der Waals surface area (Å²) in [5.41, 5.74) is 0.716. The summed E-state index contributed by atoms with van der Waals surface area (Å²) in [5.74, 6) is 0. The molecule has 2 aliphatic heterocycles. The number of ether oxygens (including phenoxy) is 1. The monoisotopic (exact) mass is 392 g/mol. The lowest BCUT2D eigenvalue weighted by Crippen LogP contribution is -2.44. The summed E-state index contributed by atoms with van der Waals surface area (Å²) < 4.78 is 24.6. The van der Waals surface area contributed by atoms with Crippen LogP contribution in [-0.2, 0) is 21.6 Å². The van der Waals surface area contributed by atoms with Gasteiger partial charge in [-0.05, 0) is 27.8 Å². The summed E-state index contributed by atoms with van der Waals surface area (Å²) in [6.45, 7) is 0. The average molecular weight is 392 g/mol. The van der Waals surface area contributed by atoms with Gasteiger partial charge in [-0.25, -0.2) is 4.39 Å². The second-order valence-electron chi connectivity index (χ2n) is 8.23. The average Bonchev–Trinajstić information content (AvgIpc) is 3.30. The van der Waals surface area contributed by atoms with E-state index in [0.29, 0.717) is 5.56 Å². The molecule has 4 aromatic carbocycles. The fourth-order valence-corrected chi connectivity index (χ4v) is 5.55. The first kappa shape index (κ1) is 17.6. The zero-order chi connectivity index (χ0) is 20.2. The van der Waals surface area contributed by atoms with Crippen LogP contribution in [0.15, 0.2) is 115 Å².